The second kappa shape index (κ2) is 15.5. The molecule has 5 heterocycles. The number of rotatable bonds is 12. The van der Waals surface area contributed by atoms with Gasteiger partial charge in [-0.1, -0.05) is 69.7 Å². The first-order valence-electron chi connectivity index (χ1n) is 18.4. The number of benzene rings is 2. The van der Waals surface area contributed by atoms with Gasteiger partial charge in [-0.05, 0) is 29.7 Å². The third-order valence-corrected chi connectivity index (χ3v) is 10.1. The van der Waals surface area contributed by atoms with Gasteiger partial charge in [0.05, 0.1) is 5.52 Å². The number of anilines is 1. The lowest BCUT2D eigenvalue weighted by Crippen LogP contribution is -2.81. The molecule has 0 bridgehead atoms. The van der Waals surface area contributed by atoms with Crippen molar-refractivity contribution in [3.8, 4) is 0 Å². The highest BCUT2D eigenvalue weighted by Crippen LogP contribution is 2.47. The van der Waals surface area contributed by atoms with E-state index in [4.69, 9.17) is 18.9 Å². The Kier molecular flexibility index (Phi) is 10.6. The predicted molar refractivity (Wildman–Crippen MR) is 191 cm³/mol. The van der Waals surface area contributed by atoms with Crippen LogP contribution in [0.3, 0.4) is 0 Å². The largest absolute Gasteiger partial charge is 0.444 e. The highest BCUT2D eigenvalue weighted by atomic mass is 19.1. The van der Waals surface area contributed by atoms with E-state index in [1.165, 1.54) is 21.9 Å². The first-order chi connectivity index (χ1) is 26.1. The van der Waals surface area contributed by atoms with Crippen molar-refractivity contribution in [2.75, 3.05) is 31.1 Å². The molecule has 4 aliphatic heterocycles. The summed E-state index contributed by atoms with van der Waals surface area (Å²) in [7, 11) is 0. The van der Waals surface area contributed by atoms with Crippen molar-refractivity contribution < 1.29 is 47.3 Å². The van der Waals surface area contributed by atoms with Crippen LogP contribution < -0.4 is 4.90 Å². The van der Waals surface area contributed by atoms with Crippen molar-refractivity contribution in [2.45, 2.75) is 83.2 Å². The maximum absolute atomic E-state index is 14.8. The summed E-state index contributed by atoms with van der Waals surface area (Å²) in [6, 6.07) is 11.7. The minimum Gasteiger partial charge on any atom is -0.397 e. The quantitative estimate of drug-likeness (QED) is 0.186. The average molecular weight is 744 g/mol. The molecule has 3 aromatic rings. The monoisotopic (exact) mass is 743 g/mol. The zero-order valence-corrected chi connectivity index (χ0v) is 30.0. The van der Waals surface area contributed by atoms with Crippen LogP contribution in [-0.2, 0) is 51.2 Å². The molecule has 0 saturated carbocycles. The molecule has 7 rings (SSSR count). The van der Waals surface area contributed by atoms with Gasteiger partial charge in [0, 0.05) is 81.4 Å². The molecule has 2 aromatic carbocycles. The predicted octanol–water partition coefficient (Wildman–Crippen LogP) is 4.71. The first-order valence-corrected chi connectivity index (χ1v) is 18.4. The number of carbonyl (C=O) groups excluding carboxylic acids is 5. The number of unbranched alkanes of at least 4 members (excludes halogenated alkanes) is 6. The van der Waals surface area contributed by atoms with Crippen LogP contribution in [0.15, 0.2) is 66.8 Å². The standard InChI is InChI=1S/C39H42FN5O9/c1-2-3-4-5-6-7-8-13-32(46)45-31-24-29(40)14-15-30(31)37(41-45)44-23-22-43(21-20-42-25-27-11-9-10-12-28(27)26-42)38(51-33(47)16-17-34(48)52-38)39(44)53-35(49)18-19-36(50)54-39/h9-12,14-19,24H,2-8,13,20-23,25-26H2,1H3. The number of hydrogen-bond acceptors (Lipinski definition) is 13. The van der Waals surface area contributed by atoms with E-state index in [0.717, 1.165) is 84.7 Å². The highest BCUT2D eigenvalue weighted by molar-refractivity contribution is 5.99. The molecule has 1 aromatic heterocycles. The Bertz CT molecular complexity index is 1960. The van der Waals surface area contributed by atoms with Crippen LogP contribution in [0.1, 0.15) is 74.2 Å². The third-order valence-electron chi connectivity index (χ3n) is 10.1. The van der Waals surface area contributed by atoms with E-state index in [9.17, 15) is 28.4 Å². The second-order valence-electron chi connectivity index (χ2n) is 13.8. The molecule has 0 aliphatic carbocycles. The number of carbonyl (C=O) groups is 5. The fourth-order valence-electron chi connectivity index (χ4n) is 7.51. The molecular formula is C39H42FN5O9. The summed E-state index contributed by atoms with van der Waals surface area (Å²) in [5.74, 6) is -10.9. The summed E-state index contributed by atoms with van der Waals surface area (Å²) in [5.41, 5.74) is 2.42. The fraction of sp³-hybridized carbons (Fsp3) is 0.436. The molecular weight excluding hydrogens is 701 g/mol. The minimum absolute atomic E-state index is 0.00679. The molecule has 4 aliphatic rings. The number of fused-ring (bicyclic) bond motifs is 3. The van der Waals surface area contributed by atoms with E-state index in [1.54, 1.807) is 0 Å². The molecule has 14 nitrogen and oxygen atoms in total. The van der Waals surface area contributed by atoms with E-state index in [1.807, 2.05) is 24.3 Å². The summed E-state index contributed by atoms with van der Waals surface area (Å²) in [6.07, 6.45) is 10.4. The van der Waals surface area contributed by atoms with E-state index >= 15 is 0 Å². The van der Waals surface area contributed by atoms with Gasteiger partial charge in [-0.25, -0.2) is 28.5 Å². The Hall–Kier alpha value is -5.41. The van der Waals surface area contributed by atoms with Gasteiger partial charge < -0.3 is 18.9 Å². The lowest BCUT2D eigenvalue weighted by atomic mass is 10.1. The maximum atomic E-state index is 14.8. The van der Waals surface area contributed by atoms with Crippen molar-refractivity contribution in [2.24, 2.45) is 0 Å². The molecule has 284 valence electrons. The molecule has 0 unspecified atom stereocenters. The topological polar surface area (TPSA) is 150 Å². The number of esters is 4. The number of aromatic nitrogens is 2. The number of nitrogens with zero attached hydrogens (tertiary/aromatic N) is 5. The number of halogens is 1. The Morgan fingerprint density at radius 1 is 0.741 bits per heavy atom. The van der Waals surface area contributed by atoms with E-state index in [0.29, 0.717) is 26.1 Å². The van der Waals surface area contributed by atoms with Gasteiger partial charge in [0.1, 0.15) is 5.82 Å². The average Bonchev–Trinajstić information content (AvgIpc) is 3.64. The van der Waals surface area contributed by atoms with Crippen molar-refractivity contribution >= 4 is 46.5 Å². The van der Waals surface area contributed by atoms with Crippen molar-refractivity contribution in [1.29, 1.82) is 0 Å². The van der Waals surface area contributed by atoms with Gasteiger partial charge in [0.2, 0.25) is 5.91 Å². The van der Waals surface area contributed by atoms with E-state index in [-0.39, 0.29) is 42.8 Å². The van der Waals surface area contributed by atoms with Crippen LogP contribution in [0.2, 0.25) is 0 Å². The zero-order chi connectivity index (χ0) is 37.9. The first kappa shape index (κ1) is 36.9. The normalized spacial score (nSPS) is 19.4. The maximum Gasteiger partial charge on any atom is 0.444 e. The van der Waals surface area contributed by atoms with Gasteiger partial charge in [0.15, 0.2) is 5.82 Å². The fourth-order valence-corrected chi connectivity index (χ4v) is 7.51. The van der Waals surface area contributed by atoms with Crippen LogP contribution in [0.4, 0.5) is 10.2 Å². The SMILES string of the molecule is CCCCCCCCCC(=O)n1nc(N2CCN(CCN3Cc4ccccc4C3)C3(OC(=O)C=CC(=O)O3)C23OC(=O)C=CC(=O)O3)c2ccc(F)cc21. The second-order valence-corrected chi connectivity index (χ2v) is 13.8. The van der Waals surface area contributed by atoms with Gasteiger partial charge in [-0.2, -0.15) is 4.68 Å². The number of hydrogen-bond donors (Lipinski definition) is 0. The number of ether oxygens (including phenoxy) is 4. The zero-order valence-electron chi connectivity index (χ0n) is 30.0. The third kappa shape index (κ3) is 7.12. The molecule has 1 saturated heterocycles. The minimum atomic E-state index is -2.84. The van der Waals surface area contributed by atoms with Crippen LogP contribution >= 0.6 is 0 Å². The summed E-state index contributed by atoms with van der Waals surface area (Å²) in [6.45, 7) is 3.76. The summed E-state index contributed by atoms with van der Waals surface area (Å²) < 4.78 is 39.7. The van der Waals surface area contributed by atoms with Crippen LogP contribution in [-0.4, -0.2) is 87.4 Å². The molecule has 15 heteroatoms. The van der Waals surface area contributed by atoms with Gasteiger partial charge >= 0.3 is 35.7 Å². The van der Waals surface area contributed by atoms with Gasteiger partial charge in [0.25, 0.3) is 0 Å². The van der Waals surface area contributed by atoms with Crippen molar-refractivity contribution in [1.82, 2.24) is 19.6 Å². The van der Waals surface area contributed by atoms with Crippen LogP contribution in [0.25, 0.3) is 10.9 Å². The van der Waals surface area contributed by atoms with Crippen molar-refractivity contribution in [3.05, 3.63) is 83.7 Å². The molecule has 1 fully saturated rings. The molecule has 0 amide bonds. The lowest BCUT2D eigenvalue weighted by Gasteiger charge is -2.55. The summed E-state index contributed by atoms with van der Waals surface area (Å²) >= 11 is 0. The number of piperazine rings is 1. The highest BCUT2D eigenvalue weighted by Gasteiger charge is 2.75. The summed E-state index contributed by atoms with van der Waals surface area (Å²) in [4.78, 5) is 72.0. The van der Waals surface area contributed by atoms with E-state index in [2.05, 4.69) is 16.9 Å². The molecule has 54 heavy (non-hydrogen) atoms. The van der Waals surface area contributed by atoms with E-state index < -0.39 is 47.4 Å². The molecule has 0 N–H and O–H groups in total. The van der Waals surface area contributed by atoms with Crippen LogP contribution in [0.5, 0.6) is 0 Å². The van der Waals surface area contributed by atoms with Crippen LogP contribution in [0, 0.1) is 5.82 Å². The van der Waals surface area contributed by atoms with Crippen molar-refractivity contribution in [3.63, 3.8) is 0 Å². The Morgan fingerprint density at radius 2 is 1.31 bits per heavy atom. The Labute approximate surface area is 311 Å². The Balaban J connectivity index is 1.28. The molecule has 2 spiro atoms. The van der Waals surface area contributed by atoms with Gasteiger partial charge in [-0.15, -0.1) is 5.10 Å². The molecule has 0 radical (unpaired) electrons. The Morgan fingerprint density at radius 3 is 1.93 bits per heavy atom. The smallest absolute Gasteiger partial charge is 0.397 e. The lowest BCUT2D eigenvalue weighted by molar-refractivity contribution is -0.416. The summed E-state index contributed by atoms with van der Waals surface area (Å²) in [5, 5.41) is 4.85. The molecule has 0 atom stereocenters. The van der Waals surface area contributed by atoms with Gasteiger partial charge in [-0.3, -0.25) is 14.6 Å².